The highest BCUT2D eigenvalue weighted by atomic mass is 16.3. The minimum absolute atomic E-state index is 0.116. The summed E-state index contributed by atoms with van der Waals surface area (Å²) in [6.45, 7) is 4.31. The summed E-state index contributed by atoms with van der Waals surface area (Å²) >= 11 is 0. The molecule has 2 aromatic rings. The number of unbranched alkanes of at least 4 members (excludes halogenated alkanes) is 1. The Labute approximate surface area is 171 Å². The lowest BCUT2D eigenvalue weighted by atomic mass is 9.89. The normalized spacial score (nSPS) is 20.9. The van der Waals surface area contributed by atoms with Crippen LogP contribution in [0.15, 0.2) is 40.3 Å². The number of likely N-dealkylation sites (tertiary alicyclic amines) is 1. The van der Waals surface area contributed by atoms with Gasteiger partial charge in [-0.1, -0.05) is 25.5 Å². The number of nitrogens with zero attached hydrogens (tertiary/aromatic N) is 1. The molecule has 1 aliphatic carbocycles. The summed E-state index contributed by atoms with van der Waals surface area (Å²) in [6, 6.07) is 8.75. The Morgan fingerprint density at radius 2 is 1.90 bits per heavy atom. The molecular formula is C24H27NO4. The number of fused-ring (bicyclic) bond motifs is 1. The van der Waals surface area contributed by atoms with Gasteiger partial charge in [0.05, 0.1) is 5.57 Å². The molecule has 1 fully saturated rings. The smallest absolute Gasteiger partial charge is 0.295 e. The lowest BCUT2D eigenvalue weighted by Crippen LogP contribution is -2.30. The minimum Gasteiger partial charge on any atom is -0.507 e. The molecule has 1 N–H and O–H groups in total. The first-order chi connectivity index (χ1) is 14.0. The summed E-state index contributed by atoms with van der Waals surface area (Å²) in [5, 5.41) is 11.1. The maximum atomic E-state index is 12.9. The predicted octanol–water partition coefficient (Wildman–Crippen LogP) is 4.69. The van der Waals surface area contributed by atoms with Crippen molar-refractivity contribution in [2.45, 2.75) is 58.4 Å². The van der Waals surface area contributed by atoms with Crippen molar-refractivity contribution >= 4 is 17.4 Å². The number of furan rings is 1. The van der Waals surface area contributed by atoms with Crippen molar-refractivity contribution in [1.82, 2.24) is 4.90 Å². The third-order valence-corrected chi connectivity index (χ3v) is 5.95. The highest BCUT2D eigenvalue weighted by Gasteiger charge is 2.47. The third-order valence-electron chi connectivity index (χ3n) is 5.95. The number of carbonyl (C=O) groups excluding carboxylic acids is 2. The van der Waals surface area contributed by atoms with Crippen LogP contribution in [-0.2, 0) is 22.4 Å². The van der Waals surface area contributed by atoms with Crippen molar-refractivity contribution in [3.63, 3.8) is 0 Å². The van der Waals surface area contributed by atoms with Gasteiger partial charge in [0, 0.05) is 12.1 Å². The fourth-order valence-corrected chi connectivity index (χ4v) is 4.37. The van der Waals surface area contributed by atoms with Gasteiger partial charge in [0.25, 0.3) is 11.7 Å². The van der Waals surface area contributed by atoms with E-state index < -0.39 is 17.7 Å². The molecule has 1 aromatic heterocycles. The van der Waals surface area contributed by atoms with Crippen LogP contribution in [0.2, 0.25) is 0 Å². The Morgan fingerprint density at radius 1 is 1.14 bits per heavy atom. The molecular weight excluding hydrogens is 366 g/mol. The number of rotatable bonds is 5. The molecule has 29 heavy (non-hydrogen) atoms. The van der Waals surface area contributed by atoms with E-state index >= 15 is 0 Å². The van der Waals surface area contributed by atoms with Crippen LogP contribution >= 0.6 is 0 Å². The van der Waals surface area contributed by atoms with Crippen LogP contribution in [0, 0.1) is 6.92 Å². The quantitative estimate of drug-likeness (QED) is 0.454. The second-order valence-electron chi connectivity index (χ2n) is 7.99. The summed E-state index contributed by atoms with van der Waals surface area (Å²) in [4.78, 5) is 27.2. The zero-order chi connectivity index (χ0) is 20.5. The summed E-state index contributed by atoms with van der Waals surface area (Å²) in [7, 11) is 0. The Balaban J connectivity index is 1.82. The molecule has 2 aliphatic rings. The third kappa shape index (κ3) is 3.50. The monoisotopic (exact) mass is 393 g/mol. The molecule has 5 nitrogen and oxygen atoms in total. The van der Waals surface area contributed by atoms with Crippen LogP contribution in [0.4, 0.5) is 0 Å². The molecule has 152 valence electrons. The largest absolute Gasteiger partial charge is 0.507 e. The molecule has 1 aliphatic heterocycles. The van der Waals surface area contributed by atoms with Gasteiger partial charge in [-0.25, -0.2) is 0 Å². The van der Waals surface area contributed by atoms with Crippen molar-refractivity contribution in [1.29, 1.82) is 0 Å². The van der Waals surface area contributed by atoms with Crippen molar-refractivity contribution in [2.24, 2.45) is 0 Å². The van der Waals surface area contributed by atoms with Gasteiger partial charge in [-0.15, -0.1) is 0 Å². The van der Waals surface area contributed by atoms with Crippen molar-refractivity contribution in [2.75, 3.05) is 6.54 Å². The number of carbonyl (C=O) groups is 2. The summed E-state index contributed by atoms with van der Waals surface area (Å²) < 4.78 is 5.79. The number of amides is 1. The average molecular weight is 393 g/mol. The van der Waals surface area contributed by atoms with Crippen LogP contribution in [0.25, 0.3) is 5.76 Å². The standard InChI is InChI=1S/C24H27NO4/c1-3-4-13-25-21(19-12-9-15(2)29-19)20(23(27)24(25)28)22(26)18-11-10-16-7-5-6-8-17(16)14-18/h9-12,14,21,26H,3-8,13H2,1-2H3/b22-20-. The number of aliphatic hydroxyl groups excluding tert-OH is 1. The maximum absolute atomic E-state index is 12.9. The van der Waals surface area contributed by atoms with Gasteiger partial charge in [0.2, 0.25) is 0 Å². The van der Waals surface area contributed by atoms with Crippen LogP contribution < -0.4 is 0 Å². The molecule has 0 spiro atoms. The number of Topliss-reactive ketones (excluding diaryl/α,β-unsaturated/α-hetero) is 1. The van der Waals surface area contributed by atoms with Crippen LogP contribution in [0.1, 0.15) is 66.9 Å². The molecule has 2 heterocycles. The zero-order valence-electron chi connectivity index (χ0n) is 17.0. The van der Waals surface area contributed by atoms with Gasteiger partial charge >= 0.3 is 0 Å². The van der Waals surface area contributed by atoms with E-state index in [-0.39, 0.29) is 11.3 Å². The molecule has 5 heteroatoms. The first kappa shape index (κ1) is 19.5. The van der Waals surface area contributed by atoms with E-state index in [0.717, 1.165) is 32.1 Å². The lowest BCUT2D eigenvalue weighted by Gasteiger charge is -2.23. The van der Waals surface area contributed by atoms with Crippen molar-refractivity contribution in [3.8, 4) is 0 Å². The molecule has 1 atom stereocenters. The lowest BCUT2D eigenvalue weighted by molar-refractivity contribution is -0.140. The SMILES string of the molecule is CCCCN1C(=O)C(=O)/C(=C(\O)c2ccc3c(c2)CCCC3)C1c1ccc(C)o1. The van der Waals surface area contributed by atoms with Crippen LogP contribution in [-0.4, -0.2) is 28.2 Å². The second-order valence-corrected chi connectivity index (χ2v) is 7.99. The van der Waals surface area contributed by atoms with E-state index in [9.17, 15) is 14.7 Å². The summed E-state index contributed by atoms with van der Waals surface area (Å²) in [5.41, 5.74) is 3.23. The maximum Gasteiger partial charge on any atom is 0.295 e. The van der Waals surface area contributed by atoms with Gasteiger partial charge in [-0.05, 0) is 68.4 Å². The summed E-state index contributed by atoms with van der Waals surface area (Å²) in [5.74, 6) is -0.116. The van der Waals surface area contributed by atoms with Crippen molar-refractivity contribution in [3.05, 3.63) is 64.1 Å². The molecule has 0 radical (unpaired) electrons. The van der Waals surface area contributed by atoms with E-state index in [1.807, 2.05) is 38.1 Å². The molecule has 1 unspecified atom stereocenters. The molecule has 1 amide bonds. The molecule has 0 saturated carbocycles. The van der Waals surface area contributed by atoms with E-state index in [1.165, 1.54) is 22.4 Å². The van der Waals surface area contributed by atoms with Gasteiger partial charge in [0.15, 0.2) is 0 Å². The Morgan fingerprint density at radius 3 is 2.59 bits per heavy atom. The summed E-state index contributed by atoms with van der Waals surface area (Å²) in [6.07, 6.45) is 6.01. The van der Waals surface area contributed by atoms with Crippen LogP contribution in [0.3, 0.4) is 0 Å². The van der Waals surface area contributed by atoms with E-state index in [4.69, 9.17) is 4.42 Å². The minimum atomic E-state index is -0.689. The van der Waals surface area contributed by atoms with Crippen molar-refractivity contribution < 1.29 is 19.1 Å². The fraction of sp³-hybridized carbons (Fsp3) is 0.417. The Bertz CT molecular complexity index is 985. The Kier molecular flexibility index (Phi) is 5.31. The molecule has 1 aromatic carbocycles. The average Bonchev–Trinajstić information content (AvgIpc) is 3.27. The predicted molar refractivity (Wildman–Crippen MR) is 110 cm³/mol. The first-order valence-corrected chi connectivity index (χ1v) is 10.5. The number of hydrogen-bond acceptors (Lipinski definition) is 4. The number of benzene rings is 1. The Hall–Kier alpha value is -2.82. The fourth-order valence-electron chi connectivity index (χ4n) is 4.37. The van der Waals surface area contributed by atoms with Gasteiger partial charge in [0.1, 0.15) is 23.3 Å². The highest BCUT2D eigenvalue weighted by molar-refractivity contribution is 6.46. The highest BCUT2D eigenvalue weighted by Crippen LogP contribution is 2.40. The molecule has 0 bridgehead atoms. The van der Waals surface area contributed by atoms with E-state index in [0.29, 0.717) is 23.6 Å². The second kappa shape index (κ2) is 7.90. The van der Waals surface area contributed by atoms with Gasteiger partial charge < -0.3 is 14.4 Å². The number of aryl methyl sites for hydroxylation is 3. The van der Waals surface area contributed by atoms with Crippen LogP contribution in [0.5, 0.6) is 0 Å². The van der Waals surface area contributed by atoms with E-state index in [2.05, 4.69) is 0 Å². The molecule has 4 rings (SSSR count). The number of aliphatic hydroxyl groups is 1. The van der Waals surface area contributed by atoms with E-state index in [1.54, 1.807) is 6.07 Å². The number of hydrogen-bond donors (Lipinski definition) is 1. The van der Waals surface area contributed by atoms with Gasteiger partial charge in [-0.2, -0.15) is 0 Å². The van der Waals surface area contributed by atoms with Gasteiger partial charge in [-0.3, -0.25) is 9.59 Å². The topological polar surface area (TPSA) is 70.8 Å². The molecule has 1 saturated heterocycles. The zero-order valence-corrected chi connectivity index (χ0v) is 17.0. The first-order valence-electron chi connectivity index (χ1n) is 10.5. The number of ketones is 1.